The number of thioether (sulfide) groups is 1. The van der Waals surface area contributed by atoms with Crippen LogP contribution in [0.5, 0.6) is 0 Å². The summed E-state index contributed by atoms with van der Waals surface area (Å²) < 4.78 is 5.09. The number of nitrogens with zero attached hydrogens (tertiary/aromatic N) is 1. The van der Waals surface area contributed by atoms with Crippen LogP contribution in [-0.4, -0.2) is 34.7 Å². The van der Waals surface area contributed by atoms with Gasteiger partial charge in [0.15, 0.2) is 0 Å². The molecule has 2 heterocycles. The second-order valence-electron chi connectivity index (χ2n) is 4.49. The van der Waals surface area contributed by atoms with Crippen LogP contribution in [-0.2, 0) is 14.3 Å². The lowest BCUT2D eigenvalue weighted by atomic mass is 10.3. The van der Waals surface area contributed by atoms with Crippen molar-refractivity contribution < 1.29 is 19.1 Å². The van der Waals surface area contributed by atoms with Gasteiger partial charge in [-0.15, -0.1) is 11.3 Å². The Morgan fingerprint density at radius 1 is 1.48 bits per heavy atom. The quantitative estimate of drug-likeness (QED) is 0.615. The Balaban J connectivity index is 2.03. The first kappa shape index (κ1) is 15.8. The lowest BCUT2D eigenvalue weighted by Gasteiger charge is -2.14. The fourth-order valence-electron chi connectivity index (χ4n) is 1.61. The van der Waals surface area contributed by atoms with Gasteiger partial charge >= 0.3 is 5.97 Å². The van der Waals surface area contributed by atoms with E-state index in [4.69, 9.17) is 4.74 Å². The number of hydrogen-bond acceptors (Lipinski definition) is 6. The maximum atomic E-state index is 12.1. The van der Waals surface area contributed by atoms with Crippen molar-refractivity contribution >= 4 is 46.3 Å². The van der Waals surface area contributed by atoms with Crippen LogP contribution in [0.15, 0.2) is 22.4 Å². The minimum absolute atomic E-state index is 0.223. The van der Waals surface area contributed by atoms with Crippen molar-refractivity contribution in [1.82, 2.24) is 4.90 Å². The molecular formula is C14H15NO4S2. The van der Waals surface area contributed by atoms with Crippen LogP contribution in [0.4, 0.5) is 4.79 Å². The van der Waals surface area contributed by atoms with Gasteiger partial charge in [0.1, 0.15) is 6.54 Å². The first-order valence-corrected chi connectivity index (χ1v) is 8.19. The number of rotatable bonds is 5. The Kier molecular flexibility index (Phi) is 5.19. The Morgan fingerprint density at radius 2 is 2.24 bits per heavy atom. The lowest BCUT2D eigenvalue weighted by molar-refractivity contribution is -0.150. The molecule has 2 rings (SSSR count). The third kappa shape index (κ3) is 3.95. The number of hydrogen-bond donors (Lipinski definition) is 0. The molecule has 1 aliphatic heterocycles. The number of carbonyl (C=O) groups excluding carboxylic acids is 3. The summed E-state index contributed by atoms with van der Waals surface area (Å²) in [5, 5.41) is 1.45. The monoisotopic (exact) mass is 325 g/mol. The van der Waals surface area contributed by atoms with E-state index in [2.05, 4.69) is 0 Å². The predicted molar refractivity (Wildman–Crippen MR) is 82.8 cm³/mol. The molecule has 0 radical (unpaired) electrons. The van der Waals surface area contributed by atoms with Crippen LogP contribution < -0.4 is 0 Å². The molecule has 1 aromatic heterocycles. The molecule has 1 aliphatic rings. The van der Waals surface area contributed by atoms with E-state index in [0.29, 0.717) is 11.3 Å². The molecular weight excluding hydrogens is 310 g/mol. The van der Waals surface area contributed by atoms with Crippen LogP contribution in [0.1, 0.15) is 25.1 Å². The van der Waals surface area contributed by atoms with E-state index in [0.717, 1.165) is 21.5 Å². The van der Waals surface area contributed by atoms with Gasteiger partial charge in [0.05, 0.1) is 11.0 Å². The van der Waals surface area contributed by atoms with Crippen molar-refractivity contribution in [3.63, 3.8) is 0 Å². The number of thiophene rings is 1. The summed E-state index contributed by atoms with van der Waals surface area (Å²) in [6, 6.07) is 3.72. The zero-order chi connectivity index (χ0) is 15.4. The fraction of sp³-hybridized carbons (Fsp3) is 0.357. The number of carbonyl (C=O) groups is 3. The molecule has 0 aliphatic carbocycles. The molecule has 0 bridgehead atoms. The molecule has 112 valence electrons. The summed E-state index contributed by atoms with van der Waals surface area (Å²) in [4.78, 5) is 37.8. The third-order valence-corrected chi connectivity index (χ3v) is 4.61. The third-order valence-electron chi connectivity index (χ3n) is 2.88. The molecule has 2 amide bonds. The molecule has 0 N–H and O–H groups in total. The maximum Gasteiger partial charge on any atom is 0.326 e. The first-order chi connectivity index (χ1) is 10.0. The highest BCUT2D eigenvalue weighted by atomic mass is 32.2. The smallest absolute Gasteiger partial charge is 0.326 e. The summed E-state index contributed by atoms with van der Waals surface area (Å²) in [6.45, 7) is 3.32. The largest absolute Gasteiger partial charge is 0.461 e. The van der Waals surface area contributed by atoms with Crippen molar-refractivity contribution in [3.8, 4) is 0 Å². The van der Waals surface area contributed by atoms with Gasteiger partial charge in [-0.2, -0.15) is 0 Å². The first-order valence-electron chi connectivity index (χ1n) is 6.49. The van der Waals surface area contributed by atoms with E-state index >= 15 is 0 Å². The number of amides is 2. The number of imide groups is 1. The Labute approximate surface area is 131 Å². The Bertz CT molecular complexity index is 580. The zero-order valence-corrected chi connectivity index (χ0v) is 13.3. The average molecular weight is 325 g/mol. The fourth-order valence-corrected chi connectivity index (χ4v) is 3.17. The van der Waals surface area contributed by atoms with Gasteiger partial charge in [-0.05, 0) is 42.6 Å². The van der Waals surface area contributed by atoms with E-state index < -0.39 is 17.1 Å². The van der Waals surface area contributed by atoms with Gasteiger partial charge in [0.2, 0.25) is 0 Å². The lowest BCUT2D eigenvalue weighted by Crippen LogP contribution is -2.35. The van der Waals surface area contributed by atoms with Crippen LogP contribution in [0.25, 0.3) is 6.08 Å². The summed E-state index contributed by atoms with van der Waals surface area (Å²) in [7, 11) is 0. The van der Waals surface area contributed by atoms with Crippen LogP contribution >= 0.6 is 23.1 Å². The SMILES string of the molecule is CC[C@@H](C)OC(=O)CN1C(=O)S/C(=C/c2cccs2)C1=O. The standard InChI is InChI=1S/C14H15NO4S2/c1-3-9(2)19-12(16)8-15-13(17)11(21-14(15)18)7-10-5-4-6-20-10/h4-7,9H,3,8H2,1-2H3/b11-7+/t9-/m1/s1. The topological polar surface area (TPSA) is 63.7 Å². The van der Waals surface area contributed by atoms with Crippen LogP contribution in [0.3, 0.4) is 0 Å². The van der Waals surface area contributed by atoms with Gasteiger partial charge in [0.25, 0.3) is 11.1 Å². The normalized spacial score (nSPS) is 18.4. The summed E-state index contributed by atoms with van der Waals surface area (Å²) in [5.74, 6) is -1.01. The summed E-state index contributed by atoms with van der Waals surface area (Å²) >= 11 is 2.32. The highest BCUT2D eigenvalue weighted by Crippen LogP contribution is 2.32. The second kappa shape index (κ2) is 6.91. The van der Waals surface area contributed by atoms with Gasteiger partial charge < -0.3 is 4.74 Å². The number of ether oxygens (including phenoxy) is 1. The average Bonchev–Trinajstić information content (AvgIpc) is 3.03. The van der Waals surface area contributed by atoms with E-state index in [-0.39, 0.29) is 12.6 Å². The molecule has 5 nitrogen and oxygen atoms in total. The molecule has 7 heteroatoms. The van der Waals surface area contributed by atoms with Crippen LogP contribution in [0, 0.1) is 0 Å². The van der Waals surface area contributed by atoms with E-state index in [1.165, 1.54) is 11.3 Å². The van der Waals surface area contributed by atoms with Gasteiger partial charge in [0, 0.05) is 4.88 Å². The highest BCUT2D eigenvalue weighted by Gasteiger charge is 2.36. The van der Waals surface area contributed by atoms with E-state index in [9.17, 15) is 14.4 Å². The van der Waals surface area contributed by atoms with Crippen molar-refractivity contribution in [2.75, 3.05) is 6.54 Å². The Hall–Kier alpha value is -1.60. The van der Waals surface area contributed by atoms with Gasteiger partial charge in [-0.1, -0.05) is 13.0 Å². The van der Waals surface area contributed by atoms with Crippen molar-refractivity contribution in [2.45, 2.75) is 26.4 Å². The van der Waals surface area contributed by atoms with Gasteiger partial charge in [-0.3, -0.25) is 19.3 Å². The van der Waals surface area contributed by atoms with Crippen molar-refractivity contribution in [3.05, 3.63) is 27.3 Å². The second-order valence-corrected chi connectivity index (χ2v) is 6.46. The van der Waals surface area contributed by atoms with Gasteiger partial charge in [-0.25, -0.2) is 0 Å². The van der Waals surface area contributed by atoms with E-state index in [1.807, 2.05) is 24.4 Å². The highest BCUT2D eigenvalue weighted by molar-refractivity contribution is 8.18. The molecule has 1 fully saturated rings. The molecule has 0 spiro atoms. The molecule has 0 saturated carbocycles. The maximum absolute atomic E-state index is 12.1. The number of esters is 1. The minimum Gasteiger partial charge on any atom is -0.461 e. The molecule has 21 heavy (non-hydrogen) atoms. The van der Waals surface area contributed by atoms with Crippen molar-refractivity contribution in [1.29, 1.82) is 0 Å². The van der Waals surface area contributed by atoms with Crippen LogP contribution in [0.2, 0.25) is 0 Å². The molecule has 1 atom stereocenters. The molecule has 0 unspecified atom stereocenters. The summed E-state index contributed by atoms with van der Waals surface area (Å²) in [5.41, 5.74) is 0. The van der Waals surface area contributed by atoms with Crippen molar-refractivity contribution in [2.24, 2.45) is 0 Å². The summed E-state index contributed by atoms with van der Waals surface area (Å²) in [6.07, 6.45) is 2.13. The predicted octanol–water partition coefficient (Wildman–Crippen LogP) is 3.13. The Morgan fingerprint density at radius 3 is 2.86 bits per heavy atom. The zero-order valence-electron chi connectivity index (χ0n) is 11.7. The molecule has 1 saturated heterocycles. The molecule has 0 aromatic carbocycles. The minimum atomic E-state index is -0.566. The molecule has 1 aromatic rings. The van der Waals surface area contributed by atoms with E-state index in [1.54, 1.807) is 13.0 Å².